The molecule has 0 aliphatic heterocycles. The van der Waals surface area contributed by atoms with Crippen molar-refractivity contribution in [1.82, 2.24) is 0 Å². The van der Waals surface area contributed by atoms with E-state index < -0.39 is 9.76 Å². The average Bonchev–Trinajstić information content (AvgIpc) is 1.83. The maximum atomic E-state index is 10.4. The lowest BCUT2D eigenvalue weighted by atomic mass is 10.2. The van der Waals surface area contributed by atoms with Gasteiger partial charge in [0.1, 0.15) is 0 Å². The molecule has 0 aliphatic carbocycles. The van der Waals surface area contributed by atoms with Crippen LogP contribution in [0.15, 0.2) is 11.6 Å². The molecule has 0 aromatic carbocycles. The van der Waals surface area contributed by atoms with Crippen molar-refractivity contribution in [3.8, 4) is 6.07 Å². The van der Waals surface area contributed by atoms with Crippen molar-refractivity contribution in [1.29, 1.82) is 5.26 Å². The maximum Gasteiger partial charge on any atom is 0.332 e. The smallest absolute Gasteiger partial charge is 0.332 e. The lowest BCUT2D eigenvalue weighted by Crippen LogP contribution is -2.05. The second-order valence-electron chi connectivity index (χ2n) is 1.85. The number of nitrogens with zero attached hydrogens (tertiary/aromatic N) is 1. The molecule has 0 unspecified atom stereocenters. The fourth-order valence-electron chi connectivity index (χ4n) is 0.471. The number of carboxylic acid groups (broad SMARTS) is 1. The number of alkyl halides is 3. The Labute approximate surface area is 84.1 Å². The molecular formula is C6H4Cl3NO2. The van der Waals surface area contributed by atoms with Crippen molar-refractivity contribution in [3.63, 3.8) is 0 Å². The van der Waals surface area contributed by atoms with Crippen LogP contribution in [0.1, 0.15) is 6.42 Å². The van der Waals surface area contributed by atoms with E-state index in [2.05, 4.69) is 0 Å². The van der Waals surface area contributed by atoms with E-state index in [0.717, 1.165) is 6.08 Å². The lowest BCUT2D eigenvalue weighted by molar-refractivity contribution is -0.132. The first-order valence-corrected chi connectivity index (χ1v) is 3.89. The molecule has 0 amide bonds. The summed E-state index contributed by atoms with van der Waals surface area (Å²) in [5.74, 6) is -1.26. The zero-order valence-corrected chi connectivity index (χ0v) is 7.99. The minimum absolute atomic E-state index is 0.225. The van der Waals surface area contributed by atoms with Gasteiger partial charge in [0.25, 0.3) is 0 Å². The summed E-state index contributed by atoms with van der Waals surface area (Å²) < 4.78 is -1.77. The Morgan fingerprint density at radius 2 is 2.08 bits per heavy atom. The van der Waals surface area contributed by atoms with Crippen LogP contribution in [0.4, 0.5) is 0 Å². The standard InChI is InChI=1S/C6H4Cl3NO2/c7-6(8,9)3-4(1-2-10)5(11)12/h3H,1H2,(H,11,12)/b4-3+. The van der Waals surface area contributed by atoms with Gasteiger partial charge in [0, 0.05) is 0 Å². The molecular weight excluding hydrogens is 224 g/mol. The second-order valence-corrected chi connectivity index (χ2v) is 4.22. The number of rotatable bonds is 2. The summed E-state index contributed by atoms with van der Waals surface area (Å²) >= 11 is 15.9. The molecule has 0 bridgehead atoms. The Balaban J connectivity index is 4.64. The van der Waals surface area contributed by atoms with Gasteiger partial charge < -0.3 is 5.11 Å². The van der Waals surface area contributed by atoms with Gasteiger partial charge in [-0.25, -0.2) is 4.79 Å². The monoisotopic (exact) mass is 227 g/mol. The van der Waals surface area contributed by atoms with Gasteiger partial charge in [-0.1, -0.05) is 34.8 Å². The Morgan fingerprint density at radius 3 is 2.33 bits per heavy atom. The number of aliphatic carboxylic acids is 1. The molecule has 0 fully saturated rings. The first-order chi connectivity index (χ1) is 5.37. The van der Waals surface area contributed by atoms with Gasteiger partial charge in [0.05, 0.1) is 18.1 Å². The van der Waals surface area contributed by atoms with Crippen LogP contribution in [0.25, 0.3) is 0 Å². The number of allylic oxidation sites excluding steroid dienone is 1. The van der Waals surface area contributed by atoms with Gasteiger partial charge in [-0.2, -0.15) is 5.26 Å². The van der Waals surface area contributed by atoms with Crippen LogP contribution in [-0.4, -0.2) is 14.9 Å². The third kappa shape index (κ3) is 5.25. The van der Waals surface area contributed by atoms with E-state index >= 15 is 0 Å². The van der Waals surface area contributed by atoms with Crippen molar-refractivity contribution in [2.24, 2.45) is 0 Å². The van der Waals surface area contributed by atoms with E-state index in [1.54, 1.807) is 6.07 Å². The highest BCUT2D eigenvalue weighted by Gasteiger charge is 2.19. The maximum absolute atomic E-state index is 10.4. The summed E-state index contributed by atoms with van der Waals surface area (Å²) in [4.78, 5) is 10.4. The fraction of sp³-hybridized carbons (Fsp3) is 0.333. The van der Waals surface area contributed by atoms with Crippen molar-refractivity contribution < 1.29 is 9.90 Å². The van der Waals surface area contributed by atoms with E-state index in [0.29, 0.717) is 0 Å². The highest BCUT2D eigenvalue weighted by molar-refractivity contribution is 6.69. The van der Waals surface area contributed by atoms with Gasteiger partial charge in [0.15, 0.2) is 0 Å². The zero-order chi connectivity index (χ0) is 9.78. The fourth-order valence-corrected chi connectivity index (χ4v) is 0.866. The van der Waals surface area contributed by atoms with E-state index in [9.17, 15) is 4.79 Å². The van der Waals surface area contributed by atoms with Crippen molar-refractivity contribution in [2.75, 3.05) is 0 Å². The van der Waals surface area contributed by atoms with Crippen LogP contribution in [0.2, 0.25) is 0 Å². The molecule has 0 rings (SSSR count). The highest BCUT2D eigenvalue weighted by atomic mass is 35.6. The van der Waals surface area contributed by atoms with E-state index in [4.69, 9.17) is 45.2 Å². The lowest BCUT2D eigenvalue weighted by Gasteiger charge is -2.04. The average molecular weight is 228 g/mol. The number of halogens is 3. The zero-order valence-electron chi connectivity index (χ0n) is 5.72. The molecule has 0 radical (unpaired) electrons. The summed E-state index contributed by atoms with van der Waals surface area (Å²) in [7, 11) is 0. The third-order valence-corrected chi connectivity index (χ3v) is 1.21. The number of nitriles is 1. The first kappa shape index (κ1) is 11.6. The predicted molar refractivity (Wildman–Crippen MR) is 46.2 cm³/mol. The molecule has 0 saturated heterocycles. The van der Waals surface area contributed by atoms with Gasteiger partial charge in [0.2, 0.25) is 3.79 Å². The summed E-state index contributed by atoms with van der Waals surface area (Å²) in [5.41, 5.74) is -0.225. The minimum Gasteiger partial charge on any atom is -0.478 e. The number of carboxylic acids is 1. The normalized spacial score (nSPS) is 12.3. The molecule has 3 nitrogen and oxygen atoms in total. The van der Waals surface area contributed by atoms with Crippen molar-refractivity contribution in [2.45, 2.75) is 10.2 Å². The largest absolute Gasteiger partial charge is 0.478 e. The Morgan fingerprint density at radius 1 is 1.58 bits per heavy atom. The Kier molecular flexibility index (Phi) is 4.40. The van der Waals surface area contributed by atoms with Gasteiger partial charge in [-0.15, -0.1) is 0 Å². The van der Waals surface area contributed by atoms with Crippen molar-refractivity contribution >= 4 is 40.8 Å². The summed E-state index contributed by atoms with van der Waals surface area (Å²) in [6.45, 7) is 0. The highest BCUT2D eigenvalue weighted by Crippen LogP contribution is 2.29. The third-order valence-electron chi connectivity index (χ3n) is 0.882. The van der Waals surface area contributed by atoms with Gasteiger partial charge >= 0.3 is 5.97 Å². The Bertz CT molecular complexity index is 248. The van der Waals surface area contributed by atoms with Crippen LogP contribution in [0, 0.1) is 11.3 Å². The van der Waals surface area contributed by atoms with Crippen molar-refractivity contribution in [3.05, 3.63) is 11.6 Å². The number of hydrogen-bond acceptors (Lipinski definition) is 2. The molecule has 0 heterocycles. The SMILES string of the molecule is N#CC/C(=C\C(Cl)(Cl)Cl)C(=O)O. The molecule has 1 N–H and O–H groups in total. The van der Waals surface area contributed by atoms with Crippen LogP contribution in [0.5, 0.6) is 0 Å². The number of carbonyl (C=O) groups is 1. The summed E-state index contributed by atoms with van der Waals surface area (Å²) in [6.07, 6.45) is 0.618. The number of hydrogen-bond donors (Lipinski definition) is 1. The van der Waals surface area contributed by atoms with Gasteiger partial charge in [-0.3, -0.25) is 0 Å². The second kappa shape index (κ2) is 4.56. The molecule has 6 heteroatoms. The molecule has 0 aliphatic rings. The molecule has 0 saturated carbocycles. The molecule has 12 heavy (non-hydrogen) atoms. The molecule has 0 spiro atoms. The van der Waals surface area contributed by atoms with Crippen LogP contribution in [0.3, 0.4) is 0 Å². The van der Waals surface area contributed by atoms with Crippen LogP contribution in [-0.2, 0) is 4.79 Å². The molecule has 0 aromatic heterocycles. The van der Waals surface area contributed by atoms with E-state index in [1.165, 1.54) is 0 Å². The summed E-state index contributed by atoms with van der Waals surface area (Å²) in [6, 6.07) is 1.65. The topological polar surface area (TPSA) is 61.1 Å². The van der Waals surface area contributed by atoms with Crippen LogP contribution < -0.4 is 0 Å². The van der Waals surface area contributed by atoms with Crippen LogP contribution >= 0.6 is 34.8 Å². The minimum atomic E-state index is -1.77. The van der Waals surface area contributed by atoms with Gasteiger partial charge in [-0.05, 0) is 6.08 Å². The Hall–Kier alpha value is -0.430. The first-order valence-electron chi connectivity index (χ1n) is 2.75. The molecule has 0 atom stereocenters. The molecule has 66 valence electrons. The van der Waals surface area contributed by atoms with E-state index in [-0.39, 0.29) is 12.0 Å². The molecule has 0 aromatic rings. The van der Waals surface area contributed by atoms with E-state index in [1.807, 2.05) is 0 Å². The quantitative estimate of drug-likeness (QED) is 0.582. The predicted octanol–water partition coefficient (Wildman–Crippen LogP) is 2.28. The summed E-state index contributed by atoms with van der Waals surface area (Å²) in [5, 5.41) is 16.7.